The van der Waals surface area contributed by atoms with Crippen LogP contribution < -0.4 is 0 Å². The smallest absolute Gasteiger partial charge is 0.246 e. The Morgan fingerprint density at radius 1 is 1.09 bits per heavy atom. The van der Waals surface area contributed by atoms with E-state index in [2.05, 4.69) is 37.8 Å². The fraction of sp³-hybridized carbons (Fsp3) is 0.500. The molecule has 4 nitrogen and oxygen atoms in total. The lowest BCUT2D eigenvalue weighted by molar-refractivity contribution is -0.127. The fourth-order valence-corrected chi connectivity index (χ4v) is 2.76. The minimum atomic E-state index is 0.0706. The molecule has 1 N–H and O–H groups in total. The third kappa shape index (κ3) is 4.18. The average molecular weight is 302 g/mol. The summed E-state index contributed by atoms with van der Waals surface area (Å²) in [5.41, 5.74) is 4.83. The zero-order valence-corrected chi connectivity index (χ0v) is 13.8. The van der Waals surface area contributed by atoms with Crippen LogP contribution in [0.3, 0.4) is 0 Å². The van der Waals surface area contributed by atoms with Gasteiger partial charge in [0.05, 0.1) is 6.61 Å². The Kier molecular flexibility index (Phi) is 5.75. The van der Waals surface area contributed by atoms with Crippen molar-refractivity contribution >= 4 is 12.0 Å². The lowest BCUT2D eigenvalue weighted by Gasteiger charge is -2.33. The quantitative estimate of drug-likeness (QED) is 0.862. The molecule has 0 atom stereocenters. The molecule has 0 spiro atoms. The molecule has 1 amide bonds. The van der Waals surface area contributed by atoms with E-state index in [4.69, 9.17) is 5.11 Å². The molecule has 0 radical (unpaired) electrons. The van der Waals surface area contributed by atoms with Gasteiger partial charge >= 0.3 is 0 Å². The molecular formula is C18H26N2O2. The van der Waals surface area contributed by atoms with Crippen LogP contribution in [0.2, 0.25) is 0 Å². The number of aryl methyl sites for hydroxylation is 3. The molecular weight excluding hydrogens is 276 g/mol. The van der Waals surface area contributed by atoms with Crippen LogP contribution in [0.25, 0.3) is 6.08 Å². The summed E-state index contributed by atoms with van der Waals surface area (Å²) in [6, 6.07) is 4.29. The number of carbonyl (C=O) groups is 1. The van der Waals surface area contributed by atoms with Gasteiger partial charge in [-0.05, 0) is 49.1 Å². The number of amides is 1. The second kappa shape index (κ2) is 7.56. The number of hydrogen-bond donors (Lipinski definition) is 1. The Morgan fingerprint density at radius 2 is 1.73 bits per heavy atom. The summed E-state index contributed by atoms with van der Waals surface area (Å²) < 4.78 is 0. The van der Waals surface area contributed by atoms with Gasteiger partial charge < -0.3 is 10.0 Å². The van der Waals surface area contributed by atoms with Gasteiger partial charge in [0.2, 0.25) is 5.91 Å². The topological polar surface area (TPSA) is 43.8 Å². The number of benzene rings is 1. The van der Waals surface area contributed by atoms with Crippen molar-refractivity contribution in [2.24, 2.45) is 0 Å². The minimum Gasteiger partial charge on any atom is -0.395 e. The summed E-state index contributed by atoms with van der Waals surface area (Å²) in [7, 11) is 0. The number of hydrogen-bond acceptors (Lipinski definition) is 3. The second-order valence-corrected chi connectivity index (χ2v) is 6.02. The Morgan fingerprint density at radius 3 is 2.36 bits per heavy atom. The van der Waals surface area contributed by atoms with Gasteiger partial charge in [0.1, 0.15) is 0 Å². The molecule has 1 fully saturated rings. The molecule has 2 rings (SSSR count). The monoisotopic (exact) mass is 302 g/mol. The average Bonchev–Trinajstić information content (AvgIpc) is 2.50. The summed E-state index contributed by atoms with van der Waals surface area (Å²) in [4.78, 5) is 16.3. The van der Waals surface area contributed by atoms with E-state index >= 15 is 0 Å². The number of rotatable bonds is 4. The Labute approximate surface area is 133 Å². The predicted octanol–water partition coefficient (Wildman–Crippen LogP) is 1.76. The van der Waals surface area contributed by atoms with E-state index in [1.54, 1.807) is 6.08 Å². The number of carbonyl (C=O) groups excluding carboxylic acids is 1. The number of nitrogens with zero attached hydrogens (tertiary/aromatic N) is 2. The van der Waals surface area contributed by atoms with E-state index in [-0.39, 0.29) is 12.5 Å². The summed E-state index contributed by atoms with van der Waals surface area (Å²) in [6.45, 7) is 10.3. The molecule has 1 aliphatic heterocycles. The van der Waals surface area contributed by atoms with Crippen molar-refractivity contribution in [3.05, 3.63) is 40.5 Å². The van der Waals surface area contributed by atoms with Crippen molar-refractivity contribution in [3.63, 3.8) is 0 Å². The van der Waals surface area contributed by atoms with Gasteiger partial charge in [-0.3, -0.25) is 9.69 Å². The molecule has 1 heterocycles. The number of aliphatic hydroxyl groups is 1. The molecule has 0 aromatic heterocycles. The van der Waals surface area contributed by atoms with E-state index in [0.29, 0.717) is 6.54 Å². The highest BCUT2D eigenvalue weighted by Crippen LogP contribution is 2.17. The Bertz CT molecular complexity index is 558. The van der Waals surface area contributed by atoms with Gasteiger partial charge in [-0.2, -0.15) is 0 Å². The van der Waals surface area contributed by atoms with E-state index in [0.717, 1.165) is 31.7 Å². The highest BCUT2D eigenvalue weighted by atomic mass is 16.3. The zero-order valence-electron chi connectivity index (χ0n) is 13.8. The van der Waals surface area contributed by atoms with Gasteiger partial charge in [0.15, 0.2) is 0 Å². The third-order valence-electron chi connectivity index (χ3n) is 4.39. The maximum atomic E-state index is 12.3. The van der Waals surface area contributed by atoms with Crippen LogP contribution in [-0.2, 0) is 4.79 Å². The molecule has 120 valence electrons. The van der Waals surface area contributed by atoms with Crippen molar-refractivity contribution in [1.29, 1.82) is 0 Å². The van der Waals surface area contributed by atoms with Gasteiger partial charge in [-0.25, -0.2) is 0 Å². The molecule has 4 heteroatoms. The molecule has 0 saturated carbocycles. The minimum absolute atomic E-state index is 0.0706. The van der Waals surface area contributed by atoms with Crippen molar-refractivity contribution in [2.75, 3.05) is 39.3 Å². The Balaban J connectivity index is 1.96. The van der Waals surface area contributed by atoms with Crippen LogP contribution in [0.5, 0.6) is 0 Å². The van der Waals surface area contributed by atoms with Gasteiger partial charge in [-0.1, -0.05) is 12.1 Å². The van der Waals surface area contributed by atoms with Crippen molar-refractivity contribution in [2.45, 2.75) is 20.8 Å². The summed E-state index contributed by atoms with van der Waals surface area (Å²) in [5.74, 6) is 0.0706. The number of β-amino-alcohol motifs (C(OH)–C–C–N with tert-alkyl or cyclic N) is 1. The molecule has 0 bridgehead atoms. The van der Waals surface area contributed by atoms with E-state index in [1.165, 1.54) is 16.7 Å². The first kappa shape index (κ1) is 16.7. The fourth-order valence-electron chi connectivity index (χ4n) is 2.76. The lowest BCUT2D eigenvalue weighted by Crippen LogP contribution is -2.48. The number of piperazine rings is 1. The molecule has 1 aromatic rings. The van der Waals surface area contributed by atoms with Crippen molar-refractivity contribution in [1.82, 2.24) is 9.80 Å². The predicted molar refractivity (Wildman–Crippen MR) is 89.8 cm³/mol. The summed E-state index contributed by atoms with van der Waals surface area (Å²) in [6.07, 6.45) is 3.60. The normalized spacial score (nSPS) is 16.5. The molecule has 1 saturated heterocycles. The summed E-state index contributed by atoms with van der Waals surface area (Å²) >= 11 is 0. The first-order valence-corrected chi connectivity index (χ1v) is 7.89. The van der Waals surface area contributed by atoms with E-state index in [9.17, 15) is 4.79 Å². The van der Waals surface area contributed by atoms with E-state index < -0.39 is 0 Å². The zero-order chi connectivity index (χ0) is 16.1. The maximum absolute atomic E-state index is 12.3. The third-order valence-corrected chi connectivity index (χ3v) is 4.39. The highest BCUT2D eigenvalue weighted by Gasteiger charge is 2.18. The van der Waals surface area contributed by atoms with Crippen LogP contribution in [-0.4, -0.2) is 60.1 Å². The second-order valence-electron chi connectivity index (χ2n) is 6.02. The Hall–Kier alpha value is -1.65. The van der Waals surface area contributed by atoms with Crippen molar-refractivity contribution in [3.8, 4) is 0 Å². The largest absolute Gasteiger partial charge is 0.395 e. The van der Waals surface area contributed by atoms with Gasteiger partial charge in [0.25, 0.3) is 0 Å². The van der Waals surface area contributed by atoms with Crippen molar-refractivity contribution < 1.29 is 9.90 Å². The van der Waals surface area contributed by atoms with Gasteiger partial charge in [0, 0.05) is 38.8 Å². The van der Waals surface area contributed by atoms with E-state index in [1.807, 2.05) is 11.0 Å². The lowest BCUT2D eigenvalue weighted by atomic mass is 10.0. The molecule has 0 unspecified atom stereocenters. The van der Waals surface area contributed by atoms with Crippen LogP contribution in [0.15, 0.2) is 18.2 Å². The standard InChI is InChI=1S/C18H26N2O2/c1-14-12-16(3)17(13-15(14)2)4-5-18(22)20-8-6-19(7-9-20)10-11-21/h4-5,12-13,21H,6-11H2,1-3H3. The molecule has 22 heavy (non-hydrogen) atoms. The maximum Gasteiger partial charge on any atom is 0.246 e. The van der Waals surface area contributed by atoms with Crippen LogP contribution in [0, 0.1) is 20.8 Å². The molecule has 1 aromatic carbocycles. The van der Waals surface area contributed by atoms with Crippen LogP contribution >= 0.6 is 0 Å². The molecule has 0 aliphatic carbocycles. The number of aliphatic hydroxyl groups excluding tert-OH is 1. The SMILES string of the molecule is Cc1cc(C)c(C=CC(=O)N2CCN(CCO)CC2)cc1C. The van der Waals surface area contributed by atoms with Gasteiger partial charge in [-0.15, -0.1) is 0 Å². The van der Waals surface area contributed by atoms with Crippen LogP contribution in [0.1, 0.15) is 22.3 Å². The summed E-state index contributed by atoms with van der Waals surface area (Å²) in [5, 5.41) is 8.94. The van der Waals surface area contributed by atoms with Crippen LogP contribution in [0.4, 0.5) is 0 Å². The highest BCUT2D eigenvalue weighted by molar-refractivity contribution is 5.92. The molecule has 1 aliphatic rings. The first-order chi connectivity index (χ1) is 10.5. The first-order valence-electron chi connectivity index (χ1n) is 7.89.